The van der Waals surface area contributed by atoms with Gasteiger partial charge in [-0.25, -0.2) is 4.79 Å². The van der Waals surface area contributed by atoms with Gasteiger partial charge in [-0.05, 0) is 59.3 Å². The minimum absolute atomic E-state index is 0.106. The van der Waals surface area contributed by atoms with E-state index in [1.54, 1.807) is 12.1 Å². The predicted octanol–water partition coefficient (Wildman–Crippen LogP) is 3.29. The third-order valence-electron chi connectivity index (χ3n) is 3.67. The first-order chi connectivity index (χ1) is 10.6. The van der Waals surface area contributed by atoms with Gasteiger partial charge in [0.15, 0.2) is 0 Å². The molecule has 0 saturated heterocycles. The minimum Gasteiger partial charge on any atom is -0.465 e. The zero-order valence-electron chi connectivity index (χ0n) is 12.3. The number of hydrogen-bond donors (Lipinski definition) is 1. The summed E-state index contributed by atoms with van der Waals surface area (Å²) in [6.45, 7) is 1.96. The molecule has 3 rings (SSSR count). The molecule has 0 fully saturated rings. The molecule has 0 spiro atoms. The number of fused-ring (bicyclic) bond motifs is 1. The van der Waals surface area contributed by atoms with Crippen molar-refractivity contribution in [3.05, 3.63) is 70.0 Å². The van der Waals surface area contributed by atoms with E-state index in [1.807, 2.05) is 37.3 Å². The Hall–Kier alpha value is -2.88. The highest BCUT2D eigenvalue weighted by Gasteiger charge is 2.07. The van der Waals surface area contributed by atoms with E-state index in [2.05, 4.69) is 4.98 Å². The molecule has 0 unspecified atom stereocenters. The molecule has 0 aliphatic heterocycles. The van der Waals surface area contributed by atoms with Gasteiger partial charge in [-0.1, -0.05) is 12.1 Å². The average Bonchev–Trinajstić information content (AvgIpc) is 2.55. The topological polar surface area (TPSA) is 59.2 Å². The van der Waals surface area contributed by atoms with Gasteiger partial charge in [-0.15, -0.1) is 0 Å². The lowest BCUT2D eigenvalue weighted by atomic mass is 9.99. The van der Waals surface area contributed by atoms with Crippen molar-refractivity contribution in [3.63, 3.8) is 0 Å². The molecule has 0 atom stereocenters. The highest BCUT2D eigenvalue weighted by molar-refractivity contribution is 5.91. The SMILES string of the molecule is COC(=O)c1ccc(-c2cc(C)c3[nH]c(=O)ccc3c2)cc1. The standard InChI is InChI=1S/C18H15NO3/c1-11-9-15(10-14-7-8-16(20)19-17(11)14)12-3-5-13(6-4-12)18(21)22-2/h3-10H,1-2H3,(H,19,20). The van der Waals surface area contributed by atoms with Crippen LogP contribution in [0, 0.1) is 6.92 Å². The number of aromatic amines is 1. The Morgan fingerprint density at radius 3 is 2.41 bits per heavy atom. The number of aryl methyl sites for hydroxylation is 1. The van der Waals surface area contributed by atoms with E-state index in [0.717, 1.165) is 27.6 Å². The first-order valence-electron chi connectivity index (χ1n) is 6.91. The van der Waals surface area contributed by atoms with Crippen molar-refractivity contribution in [1.29, 1.82) is 0 Å². The molecular formula is C18H15NO3. The summed E-state index contributed by atoms with van der Waals surface area (Å²) in [5, 5.41) is 0.978. The highest BCUT2D eigenvalue weighted by Crippen LogP contribution is 2.26. The number of ether oxygens (including phenoxy) is 1. The van der Waals surface area contributed by atoms with Crippen LogP contribution in [-0.4, -0.2) is 18.1 Å². The highest BCUT2D eigenvalue weighted by atomic mass is 16.5. The fraction of sp³-hybridized carbons (Fsp3) is 0.111. The molecule has 1 aromatic heterocycles. The van der Waals surface area contributed by atoms with Gasteiger partial charge in [0.25, 0.3) is 0 Å². The van der Waals surface area contributed by atoms with Crippen molar-refractivity contribution in [2.24, 2.45) is 0 Å². The van der Waals surface area contributed by atoms with Crippen molar-refractivity contribution < 1.29 is 9.53 Å². The smallest absolute Gasteiger partial charge is 0.337 e. The van der Waals surface area contributed by atoms with E-state index in [1.165, 1.54) is 13.2 Å². The fourth-order valence-corrected chi connectivity index (χ4v) is 2.53. The number of carbonyl (C=O) groups excluding carboxylic acids is 1. The second kappa shape index (κ2) is 5.48. The number of pyridine rings is 1. The number of hydrogen-bond acceptors (Lipinski definition) is 3. The fourth-order valence-electron chi connectivity index (χ4n) is 2.53. The van der Waals surface area contributed by atoms with Crippen LogP contribution in [0.15, 0.2) is 53.3 Å². The number of nitrogens with one attached hydrogen (secondary N) is 1. The van der Waals surface area contributed by atoms with Gasteiger partial charge in [0.2, 0.25) is 5.56 Å². The second-order valence-electron chi connectivity index (χ2n) is 5.15. The molecule has 3 aromatic rings. The van der Waals surface area contributed by atoms with Crippen LogP contribution in [0.2, 0.25) is 0 Å². The molecule has 4 heteroatoms. The molecule has 0 aliphatic rings. The summed E-state index contributed by atoms with van der Waals surface area (Å²) in [4.78, 5) is 25.7. The Morgan fingerprint density at radius 1 is 1.00 bits per heavy atom. The van der Waals surface area contributed by atoms with Gasteiger partial charge >= 0.3 is 5.97 Å². The number of methoxy groups -OCH3 is 1. The molecule has 4 nitrogen and oxygen atoms in total. The molecule has 1 N–H and O–H groups in total. The first kappa shape index (κ1) is 14.1. The lowest BCUT2D eigenvalue weighted by Gasteiger charge is -2.08. The van der Waals surface area contributed by atoms with E-state index in [-0.39, 0.29) is 11.5 Å². The molecule has 2 aromatic carbocycles. The quantitative estimate of drug-likeness (QED) is 0.738. The van der Waals surface area contributed by atoms with Crippen LogP contribution < -0.4 is 5.56 Å². The van der Waals surface area contributed by atoms with Gasteiger partial charge in [-0.3, -0.25) is 4.79 Å². The van der Waals surface area contributed by atoms with Crippen LogP contribution in [0.1, 0.15) is 15.9 Å². The summed E-state index contributed by atoms with van der Waals surface area (Å²) in [5.41, 5.74) is 4.31. The van der Waals surface area contributed by atoms with Crippen molar-refractivity contribution in [2.45, 2.75) is 6.92 Å². The van der Waals surface area contributed by atoms with Crippen molar-refractivity contribution in [3.8, 4) is 11.1 Å². The third-order valence-corrected chi connectivity index (χ3v) is 3.67. The zero-order valence-corrected chi connectivity index (χ0v) is 12.3. The molecule has 0 bridgehead atoms. The summed E-state index contributed by atoms with van der Waals surface area (Å²) in [7, 11) is 1.36. The number of carbonyl (C=O) groups is 1. The van der Waals surface area contributed by atoms with Crippen LogP contribution in [-0.2, 0) is 4.74 Å². The minimum atomic E-state index is -0.348. The molecule has 1 heterocycles. The van der Waals surface area contributed by atoms with E-state index < -0.39 is 0 Å². The maximum atomic E-state index is 11.5. The number of rotatable bonds is 2. The predicted molar refractivity (Wildman–Crippen MR) is 86.1 cm³/mol. The van der Waals surface area contributed by atoms with Crippen molar-refractivity contribution in [1.82, 2.24) is 4.98 Å². The largest absolute Gasteiger partial charge is 0.465 e. The van der Waals surface area contributed by atoms with Crippen LogP contribution in [0.3, 0.4) is 0 Å². The normalized spacial score (nSPS) is 10.6. The van der Waals surface area contributed by atoms with Gasteiger partial charge in [-0.2, -0.15) is 0 Å². The molecule has 22 heavy (non-hydrogen) atoms. The van der Waals surface area contributed by atoms with Crippen LogP contribution in [0.25, 0.3) is 22.0 Å². The monoisotopic (exact) mass is 293 g/mol. The van der Waals surface area contributed by atoms with Crippen LogP contribution in [0.4, 0.5) is 0 Å². The van der Waals surface area contributed by atoms with Crippen LogP contribution in [0.5, 0.6) is 0 Å². The molecule has 0 saturated carbocycles. The van der Waals surface area contributed by atoms with Gasteiger partial charge < -0.3 is 9.72 Å². The molecular weight excluding hydrogens is 278 g/mol. The number of esters is 1. The summed E-state index contributed by atoms with van der Waals surface area (Å²) < 4.78 is 4.70. The van der Waals surface area contributed by atoms with E-state index >= 15 is 0 Å². The zero-order chi connectivity index (χ0) is 15.7. The summed E-state index contributed by atoms with van der Waals surface area (Å²) >= 11 is 0. The van der Waals surface area contributed by atoms with Gasteiger partial charge in [0, 0.05) is 6.07 Å². The van der Waals surface area contributed by atoms with Gasteiger partial charge in [0.05, 0.1) is 18.2 Å². The van der Waals surface area contributed by atoms with Gasteiger partial charge in [0.1, 0.15) is 0 Å². The van der Waals surface area contributed by atoms with E-state index in [9.17, 15) is 9.59 Å². The lowest BCUT2D eigenvalue weighted by Crippen LogP contribution is -2.03. The van der Waals surface area contributed by atoms with Crippen molar-refractivity contribution in [2.75, 3.05) is 7.11 Å². The Labute approximate surface area is 127 Å². The first-order valence-corrected chi connectivity index (χ1v) is 6.91. The molecule has 0 amide bonds. The van der Waals surface area contributed by atoms with Crippen LogP contribution >= 0.6 is 0 Å². The lowest BCUT2D eigenvalue weighted by molar-refractivity contribution is 0.0601. The number of benzene rings is 2. The second-order valence-corrected chi connectivity index (χ2v) is 5.15. The van der Waals surface area contributed by atoms with E-state index in [4.69, 9.17) is 4.74 Å². The Bertz CT molecular complexity index is 908. The third kappa shape index (κ3) is 2.51. The summed E-state index contributed by atoms with van der Waals surface area (Å²) in [5.74, 6) is -0.348. The Morgan fingerprint density at radius 2 is 1.73 bits per heavy atom. The maximum absolute atomic E-state index is 11.5. The number of aromatic nitrogens is 1. The molecule has 0 radical (unpaired) electrons. The van der Waals surface area contributed by atoms with Crippen molar-refractivity contribution >= 4 is 16.9 Å². The summed E-state index contributed by atoms with van der Waals surface area (Å²) in [6.07, 6.45) is 0. The Balaban J connectivity index is 2.08. The maximum Gasteiger partial charge on any atom is 0.337 e. The number of H-pyrrole nitrogens is 1. The molecule has 0 aliphatic carbocycles. The average molecular weight is 293 g/mol. The Kier molecular flexibility index (Phi) is 3.51. The summed E-state index contributed by atoms with van der Waals surface area (Å²) in [6, 6.07) is 14.6. The molecule has 110 valence electrons. The van der Waals surface area contributed by atoms with E-state index in [0.29, 0.717) is 5.56 Å².